The highest BCUT2D eigenvalue weighted by molar-refractivity contribution is 8.76. The van der Waals surface area contributed by atoms with Crippen molar-refractivity contribution in [3.05, 3.63) is 65.7 Å². The van der Waals surface area contributed by atoms with Gasteiger partial charge in [0.05, 0.1) is 19.9 Å². The molecule has 0 unspecified atom stereocenters. The summed E-state index contributed by atoms with van der Waals surface area (Å²) < 4.78 is 0. The lowest BCUT2D eigenvalue weighted by Gasteiger charge is -2.08. The van der Waals surface area contributed by atoms with Crippen LogP contribution in [0.1, 0.15) is 11.1 Å². The number of hydrogen-bond donors (Lipinski definition) is 0. The summed E-state index contributed by atoms with van der Waals surface area (Å²) in [5, 5.41) is 22.3. The molecule has 126 valence electrons. The van der Waals surface area contributed by atoms with E-state index in [1.807, 2.05) is 0 Å². The molecule has 0 amide bonds. The molecule has 0 saturated carbocycles. The van der Waals surface area contributed by atoms with Crippen molar-refractivity contribution in [2.75, 3.05) is 0 Å². The Labute approximate surface area is 155 Å². The van der Waals surface area contributed by atoms with Crippen LogP contribution in [-0.4, -0.2) is 9.85 Å². The Morgan fingerprint density at radius 2 is 1.12 bits per heavy atom. The van der Waals surface area contributed by atoms with Crippen LogP contribution in [0.5, 0.6) is 0 Å². The van der Waals surface area contributed by atoms with Crippen LogP contribution in [0.2, 0.25) is 10.0 Å². The molecule has 0 fully saturated rings. The fraction of sp³-hybridized carbons (Fsp3) is 0.143. The number of benzene rings is 2. The largest absolute Gasteiger partial charge is 0.273 e. The summed E-state index contributed by atoms with van der Waals surface area (Å²) in [6.07, 6.45) is 0. The van der Waals surface area contributed by atoms with Crippen molar-refractivity contribution in [3.8, 4) is 0 Å². The van der Waals surface area contributed by atoms with Gasteiger partial charge in [-0.05, 0) is 26.0 Å². The molecule has 0 spiro atoms. The summed E-state index contributed by atoms with van der Waals surface area (Å²) in [7, 11) is 2.56. The van der Waals surface area contributed by atoms with Crippen molar-refractivity contribution in [2.24, 2.45) is 0 Å². The molecule has 2 aromatic carbocycles. The first-order valence-corrected chi connectivity index (χ1v) is 9.35. The highest BCUT2D eigenvalue weighted by Gasteiger charge is 2.17. The van der Waals surface area contributed by atoms with Gasteiger partial charge in [-0.15, -0.1) is 0 Å². The molecular weight excluding hydrogens is 395 g/mol. The quantitative estimate of drug-likeness (QED) is 0.333. The molecule has 0 saturated heterocycles. The highest BCUT2D eigenvalue weighted by Crippen LogP contribution is 2.45. The molecule has 0 N–H and O–H groups in total. The summed E-state index contributed by atoms with van der Waals surface area (Å²) in [4.78, 5) is 22.1. The Balaban J connectivity index is 2.26. The first-order valence-electron chi connectivity index (χ1n) is 6.44. The fourth-order valence-corrected chi connectivity index (χ4v) is 4.99. The third-order valence-electron chi connectivity index (χ3n) is 3.12. The summed E-state index contributed by atoms with van der Waals surface area (Å²) in [6.45, 7) is 3.26. The molecule has 0 bridgehead atoms. The van der Waals surface area contributed by atoms with E-state index in [2.05, 4.69) is 0 Å². The molecule has 6 nitrogen and oxygen atoms in total. The van der Waals surface area contributed by atoms with Crippen molar-refractivity contribution in [2.45, 2.75) is 23.6 Å². The van der Waals surface area contributed by atoms with Gasteiger partial charge in [0, 0.05) is 33.1 Å². The first-order chi connectivity index (χ1) is 11.2. The lowest BCUT2D eigenvalue weighted by molar-refractivity contribution is -0.385. The number of rotatable bonds is 5. The second-order valence-corrected chi connectivity index (χ2v) is 7.85. The molecule has 0 aromatic heterocycles. The van der Waals surface area contributed by atoms with Crippen LogP contribution < -0.4 is 0 Å². The number of nitro groups is 2. The third-order valence-corrected chi connectivity index (χ3v) is 6.41. The first kappa shape index (κ1) is 18.9. The van der Waals surface area contributed by atoms with Gasteiger partial charge in [0.2, 0.25) is 0 Å². The maximum Gasteiger partial charge on any atom is 0.273 e. The van der Waals surface area contributed by atoms with Crippen molar-refractivity contribution >= 4 is 56.2 Å². The van der Waals surface area contributed by atoms with Gasteiger partial charge < -0.3 is 0 Å². The number of hydrogen-bond acceptors (Lipinski definition) is 6. The van der Waals surface area contributed by atoms with Crippen molar-refractivity contribution in [1.82, 2.24) is 0 Å². The minimum Gasteiger partial charge on any atom is -0.258 e. The van der Waals surface area contributed by atoms with E-state index in [0.717, 1.165) is 0 Å². The standard InChI is InChI=1S/C14H10Cl2N2O4S2/c1-7-3-13(9(15)5-11(7)17(19)20)23-24-14-4-8(2)12(18(21)22)6-10(14)16/h3-6H,1-2H3. The van der Waals surface area contributed by atoms with E-state index in [1.54, 1.807) is 26.0 Å². The molecular formula is C14H10Cl2N2O4S2. The SMILES string of the molecule is Cc1cc(SSc2cc(C)c([N+](=O)[O-])cc2Cl)c(Cl)cc1[N+](=O)[O-]. The Kier molecular flexibility index (Phi) is 5.97. The lowest BCUT2D eigenvalue weighted by Crippen LogP contribution is -1.92. The van der Waals surface area contributed by atoms with Crippen LogP contribution in [0.3, 0.4) is 0 Å². The third kappa shape index (κ3) is 4.13. The van der Waals surface area contributed by atoms with E-state index in [0.29, 0.717) is 20.9 Å². The van der Waals surface area contributed by atoms with Crippen LogP contribution >= 0.6 is 44.8 Å². The minimum absolute atomic E-state index is 0.0430. The van der Waals surface area contributed by atoms with E-state index >= 15 is 0 Å². The highest BCUT2D eigenvalue weighted by atomic mass is 35.5. The molecule has 2 rings (SSSR count). The smallest absolute Gasteiger partial charge is 0.258 e. The molecule has 0 heterocycles. The second-order valence-electron chi connectivity index (χ2n) is 4.82. The Morgan fingerprint density at radius 1 is 0.792 bits per heavy atom. The van der Waals surface area contributed by atoms with Crippen molar-refractivity contribution in [1.29, 1.82) is 0 Å². The van der Waals surface area contributed by atoms with E-state index in [9.17, 15) is 20.2 Å². The van der Waals surface area contributed by atoms with E-state index < -0.39 is 9.85 Å². The summed E-state index contributed by atoms with van der Waals surface area (Å²) in [6, 6.07) is 5.87. The zero-order valence-electron chi connectivity index (χ0n) is 12.4. The number of nitrogens with zero attached hydrogens (tertiary/aromatic N) is 2. The molecule has 0 aliphatic rings. The van der Waals surface area contributed by atoms with Crippen molar-refractivity contribution < 1.29 is 9.85 Å². The van der Waals surface area contributed by atoms with Crippen LogP contribution in [0, 0.1) is 34.1 Å². The van der Waals surface area contributed by atoms with Gasteiger partial charge in [-0.25, -0.2) is 0 Å². The average molecular weight is 405 g/mol. The van der Waals surface area contributed by atoms with Gasteiger partial charge in [-0.2, -0.15) is 0 Å². The maximum absolute atomic E-state index is 10.9. The maximum atomic E-state index is 10.9. The second kappa shape index (κ2) is 7.60. The van der Waals surface area contributed by atoms with E-state index in [4.69, 9.17) is 23.2 Å². The van der Waals surface area contributed by atoms with Gasteiger partial charge in [0.25, 0.3) is 11.4 Å². The summed E-state index contributed by atoms with van der Waals surface area (Å²) in [5.41, 5.74) is 0.911. The van der Waals surface area contributed by atoms with E-state index in [1.165, 1.54) is 33.7 Å². The molecule has 10 heteroatoms. The Bertz CT molecular complexity index is 777. The van der Waals surface area contributed by atoms with Gasteiger partial charge >= 0.3 is 0 Å². The predicted octanol–water partition coefficient (Wildman–Crippen LogP) is 6.23. The van der Waals surface area contributed by atoms with Gasteiger partial charge in [-0.1, -0.05) is 44.8 Å². The lowest BCUT2D eigenvalue weighted by atomic mass is 10.2. The topological polar surface area (TPSA) is 86.3 Å². The predicted molar refractivity (Wildman–Crippen MR) is 97.4 cm³/mol. The average Bonchev–Trinajstić information content (AvgIpc) is 2.49. The zero-order chi connectivity index (χ0) is 18.0. The molecule has 0 atom stereocenters. The molecule has 24 heavy (non-hydrogen) atoms. The van der Waals surface area contributed by atoms with Crippen molar-refractivity contribution in [3.63, 3.8) is 0 Å². The fourth-order valence-electron chi connectivity index (χ4n) is 1.90. The van der Waals surface area contributed by atoms with Crippen LogP contribution in [0.25, 0.3) is 0 Å². The monoisotopic (exact) mass is 404 g/mol. The minimum atomic E-state index is -0.487. The number of halogens is 2. The molecule has 0 aliphatic carbocycles. The normalized spacial score (nSPS) is 10.7. The van der Waals surface area contributed by atoms with Crippen LogP contribution in [0.15, 0.2) is 34.1 Å². The Morgan fingerprint density at radius 3 is 1.42 bits per heavy atom. The summed E-state index contributed by atoms with van der Waals surface area (Å²) in [5.74, 6) is 0. The van der Waals surface area contributed by atoms with E-state index in [-0.39, 0.29) is 21.4 Å². The zero-order valence-corrected chi connectivity index (χ0v) is 15.6. The number of nitro benzene ring substituents is 2. The van der Waals surface area contributed by atoms with Crippen LogP contribution in [0.4, 0.5) is 11.4 Å². The molecule has 0 aliphatic heterocycles. The molecule has 2 aromatic rings. The van der Waals surface area contributed by atoms with Gasteiger partial charge in [0.1, 0.15) is 0 Å². The van der Waals surface area contributed by atoms with Crippen LogP contribution in [-0.2, 0) is 0 Å². The molecule has 0 radical (unpaired) electrons. The van der Waals surface area contributed by atoms with Gasteiger partial charge in [0.15, 0.2) is 0 Å². The summed E-state index contributed by atoms with van der Waals surface area (Å²) >= 11 is 12.2. The van der Waals surface area contributed by atoms with Gasteiger partial charge in [-0.3, -0.25) is 20.2 Å². The number of aryl methyl sites for hydroxylation is 2. The Hall–Kier alpha value is -1.48.